The van der Waals surface area contributed by atoms with Crippen LogP contribution in [0.25, 0.3) is 0 Å². The highest BCUT2D eigenvalue weighted by molar-refractivity contribution is 4.82. The molecule has 0 aromatic carbocycles. The number of rotatable bonds is 3. The van der Waals surface area contributed by atoms with Crippen molar-refractivity contribution in [3.05, 3.63) is 12.3 Å². The molecule has 0 heterocycles. The van der Waals surface area contributed by atoms with Gasteiger partial charge in [0.2, 0.25) is 0 Å². The van der Waals surface area contributed by atoms with Crippen LogP contribution in [0.2, 0.25) is 0 Å². The van der Waals surface area contributed by atoms with Gasteiger partial charge in [0.1, 0.15) is 0 Å². The molecule has 4 N–H and O–H groups in total. The van der Waals surface area contributed by atoms with Crippen LogP contribution in [0.1, 0.15) is 6.42 Å². The molecule has 3 nitrogen and oxygen atoms in total. The summed E-state index contributed by atoms with van der Waals surface area (Å²) in [5.41, 5.74) is 5.02. The lowest BCUT2D eigenvalue weighted by molar-refractivity contribution is 0.166. The first kappa shape index (κ1) is 7.46. The van der Waals surface area contributed by atoms with Crippen molar-refractivity contribution in [3.8, 4) is 0 Å². The molecule has 0 saturated carbocycles. The number of nitrogens with two attached hydrogens (primary N) is 1. The van der Waals surface area contributed by atoms with Gasteiger partial charge in [-0.25, -0.2) is 0 Å². The van der Waals surface area contributed by atoms with E-state index in [1.54, 1.807) is 0 Å². The summed E-state index contributed by atoms with van der Waals surface area (Å²) in [5.74, 6) is -0.0250. The average molecular weight is 117 g/mol. The molecule has 0 rings (SSSR count). The molecule has 3 heteroatoms. The summed E-state index contributed by atoms with van der Waals surface area (Å²) in [5, 5.41) is 17.1. The summed E-state index contributed by atoms with van der Waals surface area (Å²) in [4.78, 5) is 0. The molecule has 48 valence electrons. The molecule has 1 unspecified atom stereocenters. The van der Waals surface area contributed by atoms with Gasteiger partial charge in [0.25, 0.3) is 0 Å². The van der Waals surface area contributed by atoms with Crippen molar-refractivity contribution in [1.82, 2.24) is 0 Å². The summed E-state index contributed by atoms with van der Waals surface area (Å²) >= 11 is 0. The molecule has 0 aliphatic rings. The lowest BCUT2D eigenvalue weighted by Gasteiger charge is -2.03. The van der Waals surface area contributed by atoms with Gasteiger partial charge in [-0.3, -0.25) is 0 Å². The van der Waals surface area contributed by atoms with Crippen LogP contribution in [0.15, 0.2) is 12.3 Å². The molecule has 0 fully saturated rings. The summed E-state index contributed by atoms with van der Waals surface area (Å²) in [6, 6.07) is 0. The van der Waals surface area contributed by atoms with E-state index in [2.05, 4.69) is 6.58 Å². The zero-order chi connectivity index (χ0) is 6.57. The Hall–Kier alpha value is -0.540. The van der Waals surface area contributed by atoms with Crippen molar-refractivity contribution in [2.24, 2.45) is 5.73 Å². The summed E-state index contributed by atoms with van der Waals surface area (Å²) in [6.07, 6.45) is -0.469. The second-order valence-corrected chi connectivity index (χ2v) is 1.66. The Bertz CT molecular complexity index is 82.5. The Morgan fingerprint density at radius 2 is 2.25 bits per heavy atom. The van der Waals surface area contributed by atoms with Gasteiger partial charge >= 0.3 is 0 Å². The van der Waals surface area contributed by atoms with Crippen LogP contribution in [0.3, 0.4) is 0 Å². The normalized spacial score (nSPS) is 13.2. The molecule has 0 aromatic heterocycles. The highest BCUT2D eigenvalue weighted by Crippen LogP contribution is 1.95. The van der Waals surface area contributed by atoms with Crippen LogP contribution in [-0.4, -0.2) is 22.9 Å². The SMILES string of the molecule is C=C(O)CC(O)CN. The predicted octanol–water partition coefficient (Wildman–Crippen LogP) is -0.232. The first-order chi connectivity index (χ1) is 3.66. The maximum absolute atomic E-state index is 8.68. The van der Waals surface area contributed by atoms with Crippen molar-refractivity contribution in [3.63, 3.8) is 0 Å². The molecule has 0 saturated heterocycles. The predicted molar refractivity (Wildman–Crippen MR) is 31.4 cm³/mol. The quantitative estimate of drug-likeness (QED) is 0.447. The van der Waals surface area contributed by atoms with E-state index in [1.165, 1.54) is 0 Å². The summed E-state index contributed by atoms with van der Waals surface area (Å²) < 4.78 is 0. The fraction of sp³-hybridized carbons (Fsp3) is 0.600. The topological polar surface area (TPSA) is 66.5 Å². The number of aliphatic hydroxyl groups is 2. The zero-order valence-electron chi connectivity index (χ0n) is 4.67. The van der Waals surface area contributed by atoms with Crippen LogP contribution in [0.4, 0.5) is 0 Å². The van der Waals surface area contributed by atoms with Crippen molar-refractivity contribution in [2.45, 2.75) is 12.5 Å². The second-order valence-electron chi connectivity index (χ2n) is 1.66. The van der Waals surface area contributed by atoms with E-state index in [-0.39, 0.29) is 18.7 Å². The third-order valence-electron chi connectivity index (χ3n) is 0.743. The molecular weight excluding hydrogens is 106 g/mol. The molecule has 8 heavy (non-hydrogen) atoms. The molecule has 1 atom stereocenters. The summed E-state index contributed by atoms with van der Waals surface area (Å²) in [6.45, 7) is 3.35. The largest absolute Gasteiger partial charge is 0.513 e. The van der Waals surface area contributed by atoms with E-state index >= 15 is 0 Å². The molecule has 0 amide bonds. The lowest BCUT2D eigenvalue weighted by Crippen LogP contribution is -2.19. The average Bonchev–Trinajstić information content (AvgIpc) is 1.65. The Morgan fingerprint density at radius 3 is 2.38 bits per heavy atom. The first-order valence-corrected chi connectivity index (χ1v) is 2.41. The minimum absolute atomic E-state index is 0.0250. The fourth-order valence-electron chi connectivity index (χ4n) is 0.355. The Labute approximate surface area is 48.4 Å². The van der Waals surface area contributed by atoms with Crippen LogP contribution < -0.4 is 5.73 Å². The van der Waals surface area contributed by atoms with Gasteiger partial charge < -0.3 is 15.9 Å². The van der Waals surface area contributed by atoms with Crippen LogP contribution in [0, 0.1) is 0 Å². The Kier molecular flexibility index (Phi) is 3.23. The minimum atomic E-state index is -0.646. The number of hydrogen-bond donors (Lipinski definition) is 3. The molecular formula is C5H11NO2. The van der Waals surface area contributed by atoms with E-state index in [9.17, 15) is 0 Å². The zero-order valence-corrected chi connectivity index (χ0v) is 4.67. The minimum Gasteiger partial charge on any atom is -0.513 e. The van der Waals surface area contributed by atoms with Crippen LogP contribution in [-0.2, 0) is 0 Å². The van der Waals surface area contributed by atoms with Gasteiger partial charge in [0, 0.05) is 13.0 Å². The summed E-state index contributed by atoms with van der Waals surface area (Å²) in [7, 11) is 0. The Balaban J connectivity index is 3.24. The second kappa shape index (κ2) is 3.46. The fourth-order valence-corrected chi connectivity index (χ4v) is 0.355. The highest BCUT2D eigenvalue weighted by Gasteiger charge is 2.00. The maximum Gasteiger partial charge on any atom is 0.0877 e. The van der Waals surface area contributed by atoms with E-state index < -0.39 is 6.10 Å². The molecule has 0 aromatic rings. The number of aliphatic hydroxyl groups excluding tert-OH is 2. The third kappa shape index (κ3) is 3.64. The van der Waals surface area contributed by atoms with Crippen molar-refractivity contribution < 1.29 is 10.2 Å². The number of hydrogen-bond acceptors (Lipinski definition) is 3. The van der Waals surface area contributed by atoms with Crippen molar-refractivity contribution in [1.29, 1.82) is 0 Å². The monoisotopic (exact) mass is 117 g/mol. The lowest BCUT2D eigenvalue weighted by atomic mass is 10.2. The van der Waals surface area contributed by atoms with Crippen molar-refractivity contribution in [2.75, 3.05) is 6.54 Å². The third-order valence-corrected chi connectivity index (χ3v) is 0.743. The van der Waals surface area contributed by atoms with Gasteiger partial charge in [-0.15, -0.1) is 0 Å². The maximum atomic E-state index is 8.68. The van der Waals surface area contributed by atoms with Gasteiger partial charge in [-0.2, -0.15) is 0 Å². The smallest absolute Gasteiger partial charge is 0.0877 e. The van der Waals surface area contributed by atoms with Gasteiger partial charge in [-0.1, -0.05) is 6.58 Å². The van der Waals surface area contributed by atoms with Gasteiger partial charge in [0.05, 0.1) is 11.9 Å². The molecule has 0 aliphatic carbocycles. The standard InChI is InChI=1S/C5H11NO2/c1-4(7)2-5(8)3-6/h5,7-8H,1-3,6H2. The molecule has 0 radical (unpaired) electrons. The van der Waals surface area contributed by atoms with E-state index in [0.717, 1.165) is 0 Å². The molecule has 0 aliphatic heterocycles. The first-order valence-electron chi connectivity index (χ1n) is 2.41. The molecule has 0 bridgehead atoms. The van der Waals surface area contributed by atoms with Crippen LogP contribution in [0.5, 0.6) is 0 Å². The van der Waals surface area contributed by atoms with E-state index in [4.69, 9.17) is 15.9 Å². The van der Waals surface area contributed by atoms with Crippen LogP contribution >= 0.6 is 0 Å². The van der Waals surface area contributed by atoms with E-state index in [1.807, 2.05) is 0 Å². The van der Waals surface area contributed by atoms with Gasteiger partial charge in [-0.05, 0) is 0 Å². The van der Waals surface area contributed by atoms with Gasteiger partial charge in [0.15, 0.2) is 0 Å². The highest BCUT2D eigenvalue weighted by atomic mass is 16.3. The Morgan fingerprint density at radius 1 is 1.75 bits per heavy atom. The van der Waals surface area contributed by atoms with E-state index in [0.29, 0.717) is 0 Å². The van der Waals surface area contributed by atoms with Crippen molar-refractivity contribution >= 4 is 0 Å². The molecule has 0 spiro atoms.